The van der Waals surface area contributed by atoms with E-state index in [0.717, 1.165) is 18.8 Å². The quantitative estimate of drug-likeness (QED) is 0.102. The van der Waals surface area contributed by atoms with Crippen molar-refractivity contribution in [2.24, 2.45) is 5.92 Å². The van der Waals surface area contributed by atoms with Crippen LogP contribution in [-0.4, -0.2) is 0 Å². The molecule has 0 rings (SSSR count). The molecule has 0 aliphatic carbocycles. The average Bonchev–Trinajstić information content (AvgIpc) is 2.75. The number of rotatable bonds is 25. The molecule has 0 heteroatoms. The number of allylic oxidation sites excluding steroid dienone is 2. The van der Waals surface area contributed by atoms with Crippen LogP contribution in [0.25, 0.3) is 0 Å². The second-order valence-electron chi connectivity index (χ2n) is 9.80. The third kappa shape index (κ3) is 25.8. The van der Waals surface area contributed by atoms with E-state index >= 15 is 0 Å². The lowest BCUT2D eigenvalue weighted by Crippen LogP contribution is -1.95. The predicted octanol–water partition coefficient (Wildman–Crippen LogP) is 11.2. The van der Waals surface area contributed by atoms with Gasteiger partial charge in [-0.15, -0.1) is 0 Å². The molecule has 0 aromatic rings. The summed E-state index contributed by atoms with van der Waals surface area (Å²) >= 11 is 0. The molecule has 178 valence electrons. The molecule has 0 heterocycles. The second kappa shape index (κ2) is 26.8. The van der Waals surface area contributed by atoms with Gasteiger partial charge in [0.2, 0.25) is 0 Å². The smallest absolute Gasteiger partial charge is 0.0351 e. The number of unbranched alkanes of at least 4 members (excludes halogenated alkanes) is 19. The fraction of sp³-hybridized carbons (Fsp3) is 0.867. The highest BCUT2D eigenvalue weighted by Crippen LogP contribution is 2.18. The summed E-state index contributed by atoms with van der Waals surface area (Å²) in [6.45, 7) is 10.3. The Hall–Kier alpha value is -0.260. The molecule has 1 unspecified atom stereocenters. The molecule has 0 aromatic carbocycles. The van der Waals surface area contributed by atoms with Crippen molar-refractivity contribution in [3.05, 3.63) is 26.0 Å². The van der Waals surface area contributed by atoms with Crippen molar-refractivity contribution in [1.82, 2.24) is 0 Å². The highest BCUT2D eigenvalue weighted by atomic mass is 14.1. The van der Waals surface area contributed by atoms with Gasteiger partial charge in [0.15, 0.2) is 0 Å². The first-order chi connectivity index (χ1) is 14.8. The second-order valence-corrected chi connectivity index (χ2v) is 9.80. The molecule has 2 radical (unpaired) electrons. The van der Waals surface area contributed by atoms with Crippen LogP contribution in [0.3, 0.4) is 0 Å². The summed E-state index contributed by atoms with van der Waals surface area (Å²) in [7, 11) is 0. The number of hydrogen-bond acceptors (Lipinski definition) is 0. The first-order valence-electron chi connectivity index (χ1n) is 14.0. The van der Waals surface area contributed by atoms with Crippen LogP contribution in [0.4, 0.5) is 0 Å². The van der Waals surface area contributed by atoms with Gasteiger partial charge in [0.1, 0.15) is 0 Å². The van der Waals surface area contributed by atoms with Gasteiger partial charge >= 0.3 is 0 Å². The highest BCUT2D eigenvalue weighted by Gasteiger charge is 2.02. The van der Waals surface area contributed by atoms with Gasteiger partial charge in [-0.2, -0.15) is 0 Å². The fourth-order valence-corrected chi connectivity index (χ4v) is 4.36. The molecule has 0 spiro atoms. The Labute approximate surface area is 193 Å². The minimum Gasteiger partial charge on any atom is -0.0885 e. The zero-order valence-corrected chi connectivity index (χ0v) is 21.1. The zero-order chi connectivity index (χ0) is 22.0. The van der Waals surface area contributed by atoms with Gasteiger partial charge in [-0.25, -0.2) is 0 Å². The molecule has 0 saturated heterocycles. The van der Waals surface area contributed by atoms with Gasteiger partial charge < -0.3 is 0 Å². The Morgan fingerprint density at radius 3 is 1.10 bits per heavy atom. The molecule has 0 aliphatic heterocycles. The van der Waals surface area contributed by atoms with Gasteiger partial charge in [-0.1, -0.05) is 161 Å². The summed E-state index contributed by atoms with van der Waals surface area (Å²) in [5.41, 5.74) is 0. The molecule has 30 heavy (non-hydrogen) atoms. The van der Waals surface area contributed by atoms with Crippen molar-refractivity contribution in [2.45, 2.75) is 161 Å². The maximum atomic E-state index is 3.93. The van der Waals surface area contributed by atoms with Gasteiger partial charge in [-0.05, 0) is 31.6 Å². The van der Waals surface area contributed by atoms with Crippen LogP contribution in [-0.2, 0) is 0 Å². The molecule has 0 fully saturated rings. The van der Waals surface area contributed by atoms with Crippen LogP contribution in [0.15, 0.2) is 12.2 Å². The standard InChI is InChI=1S/C30H58/c1-4-6-8-10-11-12-13-14-15-16-17-18-19-20-21-22-23-25-27-29-30(3)28-26-24-9-7-5-2/h16-17,30H,1-2,4-15,18-29H2,3H3/b17-16+. The van der Waals surface area contributed by atoms with Crippen LogP contribution in [0.1, 0.15) is 161 Å². The Bertz CT molecular complexity index is 316. The van der Waals surface area contributed by atoms with Gasteiger partial charge in [0.05, 0.1) is 0 Å². The van der Waals surface area contributed by atoms with E-state index in [9.17, 15) is 0 Å². The molecular weight excluding hydrogens is 360 g/mol. The Kier molecular flexibility index (Phi) is 26.5. The molecule has 0 amide bonds. The first-order valence-corrected chi connectivity index (χ1v) is 14.0. The van der Waals surface area contributed by atoms with Crippen molar-refractivity contribution < 1.29 is 0 Å². The van der Waals surface area contributed by atoms with Gasteiger partial charge in [-0.3, -0.25) is 0 Å². The van der Waals surface area contributed by atoms with E-state index in [2.05, 4.69) is 32.9 Å². The van der Waals surface area contributed by atoms with Gasteiger partial charge in [0.25, 0.3) is 0 Å². The monoisotopic (exact) mass is 418 g/mol. The summed E-state index contributed by atoms with van der Waals surface area (Å²) in [5.74, 6) is 0.945. The summed E-state index contributed by atoms with van der Waals surface area (Å²) in [4.78, 5) is 0. The summed E-state index contributed by atoms with van der Waals surface area (Å²) < 4.78 is 0. The molecule has 0 N–H and O–H groups in total. The van der Waals surface area contributed by atoms with E-state index in [1.165, 1.54) is 141 Å². The zero-order valence-electron chi connectivity index (χ0n) is 21.1. The third-order valence-corrected chi connectivity index (χ3v) is 6.55. The Morgan fingerprint density at radius 2 is 0.733 bits per heavy atom. The van der Waals surface area contributed by atoms with Crippen molar-refractivity contribution in [2.75, 3.05) is 0 Å². The topological polar surface area (TPSA) is 0 Å². The lowest BCUT2D eigenvalue weighted by atomic mass is 9.96. The van der Waals surface area contributed by atoms with Crippen molar-refractivity contribution in [3.63, 3.8) is 0 Å². The average molecular weight is 419 g/mol. The van der Waals surface area contributed by atoms with E-state index in [4.69, 9.17) is 0 Å². The molecule has 0 aliphatic rings. The normalized spacial score (nSPS) is 12.8. The van der Waals surface area contributed by atoms with E-state index < -0.39 is 0 Å². The van der Waals surface area contributed by atoms with Crippen molar-refractivity contribution >= 4 is 0 Å². The van der Waals surface area contributed by atoms with Crippen LogP contribution >= 0.6 is 0 Å². The van der Waals surface area contributed by atoms with E-state index in [1.807, 2.05) is 0 Å². The summed E-state index contributed by atoms with van der Waals surface area (Å²) in [6, 6.07) is 0. The Balaban J connectivity index is 3.15. The molecule has 1 atom stereocenters. The molecular formula is C30H58. The van der Waals surface area contributed by atoms with Gasteiger partial charge in [0, 0.05) is 0 Å². The lowest BCUT2D eigenvalue weighted by Gasteiger charge is -2.10. The van der Waals surface area contributed by atoms with Crippen LogP contribution in [0, 0.1) is 19.8 Å². The highest BCUT2D eigenvalue weighted by molar-refractivity contribution is 4.81. The predicted molar refractivity (Wildman–Crippen MR) is 140 cm³/mol. The largest absolute Gasteiger partial charge is 0.0885 e. The molecule has 0 aromatic heterocycles. The maximum Gasteiger partial charge on any atom is -0.0351 e. The van der Waals surface area contributed by atoms with E-state index in [-0.39, 0.29) is 0 Å². The summed E-state index contributed by atoms with van der Waals surface area (Å²) in [5, 5.41) is 0. The van der Waals surface area contributed by atoms with Crippen LogP contribution in [0.5, 0.6) is 0 Å². The minimum absolute atomic E-state index is 0.945. The van der Waals surface area contributed by atoms with Crippen molar-refractivity contribution in [1.29, 1.82) is 0 Å². The SMILES string of the molecule is [CH2]CCCCCCCCC/C=C/CCCCCCCCCC(C)CCCCCC[CH2]. The fourth-order valence-electron chi connectivity index (χ4n) is 4.36. The van der Waals surface area contributed by atoms with Crippen molar-refractivity contribution in [3.8, 4) is 0 Å². The van der Waals surface area contributed by atoms with Crippen LogP contribution in [0.2, 0.25) is 0 Å². The number of hydrogen-bond donors (Lipinski definition) is 0. The van der Waals surface area contributed by atoms with E-state index in [0.29, 0.717) is 0 Å². The molecule has 0 nitrogen and oxygen atoms in total. The lowest BCUT2D eigenvalue weighted by molar-refractivity contribution is 0.432. The third-order valence-electron chi connectivity index (χ3n) is 6.55. The molecule has 0 bridgehead atoms. The summed E-state index contributed by atoms with van der Waals surface area (Å²) in [6.07, 6.45) is 38.1. The minimum atomic E-state index is 0.945. The maximum absolute atomic E-state index is 3.93. The van der Waals surface area contributed by atoms with E-state index in [1.54, 1.807) is 0 Å². The Morgan fingerprint density at radius 1 is 0.433 bits per heavy atom. The first kappa shape index (κ1) is 29.7. The molecule has 0 saturated carbocycles. The van der Waals surface area contributed by atoms with Crippen LogP contribution < -0.4 is 0 Å².